The van der Waals surface area contributed by atoms with E-state index in [0.29, 0.717) is 16.5 Å². The summed E-state index contributed by atoms with van der Waals surface area (Å²) in [5.41, 5.74) is 2.88. The summed E-state index contributed by atoms with van der Waals surface area (Å²) in [6.45, 7) is 4.32. The minimum absolute atomic E-state index is 0.228. The minimum Gasteiger partial charge on any atom is -0.486 e. The monoisotopic (exact) mass is 383 g/mol. The maximum Gasteiger partial charge on any atom is 0.291 e. The van der Waals surface area contributed by atoms with Crippen molar-refractivity contribution in [3.63, 3.8) is 0 Å². The lowest BCUT2D eigenvalue weighted by atomic mass is 10.1. The van der Waals surface area contributed by atoms with Crippen molar-refractivity contribution in [1.82, 2.24) is 0 Å². The van der Waals surface area contributed by atoms with Gasteiger partial charge in [0.25, 0.3) is 5.91 Å². The van der Waals surface area contributed by atoms with Crippen LogP contribution in [0.5, 0.6) is 5.75 Å². The molecule has 0 aliphatic heterocycles. The first-order valence-electron chi connectivity index (χ1n) is 8.93. The summed E-state index contributed by atoms with van der Waals surface area (Å²) in [6, 6.07) is 16.7. The molecule has 0 saturated heterocycles. The van der Waals surface area contributed by atoms with Crippen LogP contribution in [0, 0.1) is 6.92 Å². The Hall–Kier alpha value is -2.72. The van der Waals surface area contributed by atoms with Crippen molar-refractivity contribution in [2.75, 3.05) is 5.32 Å². The van der Waals surface area contributed by atoms with E-state index >= 15 is 0 Å². The van der Waals surface area contributed by atoms with E-state index in [2.05, 4.69) is 24.4 Å². The van der Waals surface area contributed by atoms with Crippen molar-refractivity contribution in [2.24, 2.45) is 0 Å². The van der Waals surface area contributed by atoms with Crippen LogP contribution >= 0.6 is 11.6 Å². The van der Waals surface area contributed by atoms with E-state index in [1.807, 2.05) is 25.1 Å². The predicted molar refractivity (Wildman–Crippen MR) is 108 cm³/mol. The van der Waals surface area contributed by atoms with Gasteiger partial charge < -0.3 is 14.5 Å². The Morgan fingerprint density at radius 3 is 2.63 bits per heavy atom. The van der Waals surface area contributed by atoms with Gasteiger partial charge in [0.1, 0.15) is 18.1 Å². The number of amides is 1. The average Bonchev–Trinajstić information content (AvgIpc) is 3.14. The highest BCUT2D eigenvalue weighted by Crippen LogP contribution is 2.22. The molecular weight excluding hydrogens is 362 g/mol. The molecule has 5 heteroatoms. The number of aryl methyl sites for hydroxylation is 2. The maximum atomic E-state index is 12.4. The Morgan fingerprint density at radius 2 is 1.89 bits per heavy atom. The fourth-order valence-electron chi connectivity index (χ4n) is 2.69. The summed E-state index contributed by atoms with van der Waals surface area (Å²) < 4.78 is 11.3. The number of anilines is 1. The Kier molecular flexibility index (Phi) is 6.20. The van der Waals surface area contributed by atoms with Gasteiger partial charge in [-0.05, 0) is 60.9 Å². The van der Waals surface area contributed by atoms with Crippen molar-refractivity contribution in [2.45, 2.75) is 33.3 Å². The van der Waals surface area contributed by atoms with E-state index in [0.717, 1.165) is 24.2 Å². The molecule has 4 nitrogen and oxygen atoms in total. The molecule has 0 aliphatic carbocycles. The predicted octanol–water partition coefficient (Wildman–Crippen LogP) is 6.03. The molecule has 1 N–H and O–H groups in total. The molecule has 0 fully saturated rings. The molecule has 0 radical (unpaired) electrons. The molecule has 1 heterocycles. The molecule has 1 amide bonds. The highest BCUT2D eigenvalue weighted by Gasteiger charge is 2.13. The van der Waals surface area contributed by atoms with Crippen molar-refractivity contribution in [3.8, 4) is 5.75 Å². The summed E-state index contributed by atoms with van der Waals surface area (Å²) in [5, 5.41) is 3.38. The van der Waals surface area contributed by atoms with Crippen LogP contribution in [0.15, 0.2) is 59.0 Å². The molecule has 0 saturated carbocycles. The summed E-state index contributed by atoms with van der Waals surface area (Å²) >= 11 is 5.99. The lowest BCUT2D eigenvalue weighted by Gasteiger charge is -2.07. The Morgan fingerprint density at radius 1 is 1.11 bits per heavy atom. The second-order valence-corrected chi connectivity index (χ2v) is 6.80. The number of rotatable bonds is 7. The van der Waals surface area contributed by atoms with Gasteiger partial charge in [0, 0.05) is 10.7 Å². The van der Waals surface area contributed by atoms with Gasteiger partial charge in [-0.2, -0.15) is 0 Å². The number of carbonyl (C=O) groups excluding carboxylic acids is 1. The van der Waals surface area contributed by atoms with E-state index < -0.39 is 0 Å². The molecule has 0 atom stereocenters. The number of carbonyl (C=O) groups is 1. The van der Waals surface area contributed by atoms with Gasteiger partial charge in [-0.25, -0.2) is 0 Å². The summed E-state index contributed by atoms with van der Waals surface area (Å²) in [4.78, 5) is 12.4. The lowest BCUT2D eigenvalue weighted by Crippen LogP contribution is -2.11. The first kappa shape index (κ1) is 19.1. The Bertz CT molecular complexity index is 916. The zero-order valence-corrected chi connectivity index (χ0v) is 16.2. The van der Waals surface area contributed by atoms with Gasteiger partial charge in [0.05, 0.1) is 0 Å². The molecule has 0 spiro atoms. The minimum atomic E-state index is -0.324. The third-order valence-corrected chi connectivity index (χ3v) is 4.41. The number of benzene rings is 2. The number of hydrogen-bond donors (Lipinski definition) is 1. The van der Waals surface area contributed by atoms with E-state index in [4.69, 9.17) is 20.8 Å². The molecule has 3 aromatic rings. The second-order valence-electron chi connectivity index (χ2n) is 6.36. The van der Waals surface area contributed by atoms with Crippen LogP contribution in [0.2, 0.25) is 5.02 Å². The summed E-state index contributed by atoms with van der Waals surface area (Å²) in [5.74, 6) is 1.26. The van der Waals surface area contributed by atoms with Crippen LogP contribution < -0.4 is 10.1 Å². The van der Waals surface area contributed by atoms with Gasteiger partial charge in [-0.1, -0.05) is 43.1 Å². The van der Waals surface area contributed by atoms with Crippen LogP contribution in [0.3, 0.4) is 0 Å². The SMILES string of the molecule is CCCc1ccc(OCc2ccc(C(=O)Nc3cc(Cl)ccc3C)o2)cc1. The van der Waals surface area contributed by atoms with Gasteiger partial charge in [0.15, 0.2) is 5.76 Å². The third-order valence-electron chi connectivity index (χ3n) is 4.18. The molecule has 2 aromatic carbocycles. The molecular formula is C22H22ClNO3. The molecule has 0 bridgehead atoms. The molecule has 27 heavy (non-hydrogen) atoms. The van der Waals surface area contributed by atoms with Gasteiger partial charge in [-0.15, -0.1) is 0 Å². The van der Waals surface area contributed by atoms with Crippen molar-refractivity contribution in [3.05, 3.63) is 82.3 Å². The first-order valence-corrected chi connectivity index (χ1v) is 9.31. The molecule has 0 aliphatic rings. The molecule has 1 aromatic heterocycles. The number of halogens is 1. The van der Waals surface area contributed by atoms with Crippen LogP contribution in [0.1, 0.15) is 40.8 Å². The maximum absolute atomic E-state index is 12.4. The van der Waals surface area contributed by atoms with E-state index in [9.17, 15) is 4.79 Å². The fourth-order valence-corrected chi connectivity index (χ4v) is 2.86. The van der Waals surface area contributed by atoms with Gasteiger partial charge >= 0.3 is 0 Å². The zero-order valence-electron chi connectivity index (χ0n) is 15.4. The van der Waals surface area contributed by atoms with Crippen LogP contribution in [-0.2, 0) is 13.0 Å². The highest BCUT2D eigenvalue weighted by atomic mass is 35.5. The van der Waals surface area contributed by atoms with Crippen LogP contribution in [0.4, 0.5) is 5.69 Å². The van der Waals surface area contributed by atoms with E-state index in [1.54, 1.807) is 24.3 Å². The van der Waals surface area contributed by atoms with Crippen molar-refractivity contribution >= 4 is 23.2 Å². The number of furan rings is 1. The lowest BCUT2D eigenvalue weighted by molar-refractivity contribution is 0.0992. The number of ether oxygens (including phenoxy) is 1. The Labute approximate surface area is 164 Å². The molecule has 3 rings (SSSR count). The van der Waals surface area contributed by atoms with Gasteiger partial charge in [0.2, 0.25) is 0 Å². The van der Waals surface area contributed by atoms with Gasteiger partial charge in [-0.3, -0.25) is 4.79 Å². The van der Waals surface area contributed by atoms with Crippen LogP contribution in [-0.4, -0.2) is 5.91 Å². The summed E-state index contributed by atoms with van der Waals surface area (Å²) in [6.07, 6.45) is 2.18. The topological polar surface area (TPSA) is 51.5 Å². The fraction of sp³-hybridized carbons (Fsp3) is 0.227. The highest BCUT2D eigenvalue weighted by molar-refractivity contribution is 6.31. The van der Waals surface area contributed by atoms with E-state index in [-0.39, 0.29) is 18.3 Å². The third kappa shape index (κ3) is 5.14. The number of hydrogen-bond acceptors (Lipinski definition) is 3. The van der Waals surface area contributed by atoms with E-state index in [1.165, 1.54) is 5.56 Å². The first-order chi connectivity index (χ1) is 13.0. The Balaban J connectivity index is 1.59. The van der Waals surface area contributed by atoms with Crippen molar-refractivity contribution in [1.29, 1.82) is 0 Å². The average molecular weight is 384 g/mol. The van der Waals surface area contributed by atoms with Crippen molar-refractivity contribution < 1.29 is 13.9 Å². The zero-order chi connectivity index (χ0) is 19.2. The second kappa shape index (κ2) is 8.78. The standard InChI is InChI=1S/C22H22ClNO3/c1-3-4-16-6-9-18(10-7-16)26-14-19-11-12-21(27-19)22(25)24-20-13-17(23)8-5-15(20)2/h5-13H,3-4,14H2,1-2H3,(H,24,25). The smallest absolute Gasteiger partial charge is 0.291 e. The summed E-state index contributed by atoms with van der Waals surface area (Å²) in [7, 11) is 0. The number of nitrogens with one attached hydrogen (secondary N) is 1. The largest absolute Gasteiger partial charge is 0.486 e. The molecule has 140 valence electrons. The quantitative estimate of drug-likeness (QED) is 0.542. The molecule has 0 unspecified atom stereocenters. The van der Waals surface area contributed by atoms with Crippen LogP contribution in [0.25, 0.3) is 0 Å². The normalized spacial score (nSPS) is 10.6.